The van der Waals surface area contributed by atoms with Crippen LogP contribution in [0.3, 0.4) is 0 Å². The Hall–Kier alpha value is -0.460. The molecule has 3 fully saturated rings. The fourth-order valence-corrected chi connectivity index (χ4v) is 4.47. The van der Waals surface area contributed by atoms with Crippen molar-refractivity contribution in [3.63, 3.8) is 0 Å². The Labute approximate surface area is 92.6 Å². The number of hydrogen-bond acceptors (Lipinski definition) is 1. The zero-order valence-corrected chi connectivity index (χ0v) is 9.67. The number of rotatable bonds is 0. The molecule has 0 radical (unpaired) electrons. The maximum atomic E-state index is 12.0. The molecule has 0 aromatic rings. The average Bonchev–Trinajstić information content (AvgIpc) is 2.56. The van der Waals surface area contributed by atoms with E-state index in [0.717, 1.165) is 18.3 Å². The molecule has 0 aliphatic heterocycles. The summed E-state index contributed by atoms with van der Waals surface area (Å²) in [5.41, 5.74) is 0.343. The van der Waals surface area contributed by atoms with E-state index in [2.05, 4.69) is 6.92 Å². The lowest BCUT2D eigenvalue weighted by Gasteiger charge is -2.45. The van der Waals surface area contributed by atoms with Gasteiger partial charge in [-0.3, -0.25) is 0 Å². The van der Waals surface area contributed by atoms with Crippen LogP contribution in [0.5, 0.6) is 0 Å². The van der Waals surface area contributed by atoms with Crippen LogP contribution in [0, 0.1) is 29.6 Å². The monoisotopic (exact) mass is 205 g/mol. The van der Waals surface area contributed by atoms with Crippen molar-refractivity contribution in [1.82, 2.24) is 0 Å². The Bertz CT molecular complexity index is 283. The van der Waals surface area contributed by atoms with Crippen LogP contribution in [0.1, 0.15) is 51.9 Å². The van der Waals surface area contributed by atoms with Crippen molar-refractivity contribution in [3.05, 3.63) is 6.42 Å². The lowest BCUT2D eigenvalue weighted by Crippen LogP contribution is -2.42. The molecule has 4 atom stereocenters. The molecule has 3 aliphatic carbocycles. The van der Waals surface area contributed by atoms with Gasteiger partial charge < -0.3 is 0 Å². The van der Waals surface area contributed by atoms with Gasteiger partial charge in [0.15, 0.2) is 0 Å². The van der Waals surface area contributed by atoms with E-state index in [-0.39, 0.29) is 0 Å². The molecule has 0 aromatic heterocycles. The summed E-state index contributed by atoms with van der Waals surface area (Å²) in [4.78, 5) is 12.0. The molecule has 0 unspecified atom stereocenters. The molecule has 0 saturated heterocycles. The molecule has 15 heavy (non-hydrogen) atoms. The first kappa shape index (κ1) is 9.74. The van der Waals surface area contributed by atoms with Crippen LogP contribution in [-0.2, 0) is 4.79 Å². The zero-order valence-electron chi connectivity index (χ0n) is 9.67. The minimum Gasteiger partial charge on any atom is -0.243 e. The number of carbonyl (C=O) groups excluding carboxylic acids is 1. The predicted molar refractivity (Wildman–Crippen MR) is 60.2 cm³/mol. The van der Waals surface area contributed by atoms with Gasteiger partial charge in [-0.2, -0.15) is 0 Å². The van der Waals surface area contributed by atoms with Crippen LogP contribution in [-0.4, -0.2) is 5.78 Å². The summed E-state index contributed by atoms with van der Waals surface area (Å²) in [6.45, 7) is 2.35. The van der Waals surface area contributed by atoms with Gasteiger partial charge in [-0.25, -0.2) is 4.79 Å². The third kappa shape index (κ3) is 1.35. The van der Waals surface area contributed by atoms with Gasteiger partial charge in [-0.1, -0.05) is 26.2 Å². The second-order valence-electron chi connectivity index (χ2n) is 6.19. The highest BCUT2D eigenvalue weighted by Crippen LogP contribution is 2.57. The van der Waals surface area contributed by atoms with Gasteiger partial charge in [0.25, 0.3) is 0 Å². The van der Waals surface area contributed by atoms with Crippen molar-refractivity contribution in [1.29, 1.82) is 0 Å². The molecule has 0 bridgehead atoms. The summed E-state index contributed by atoms with van der Waals surface area (Å²) < 4.78 is 0. The molecule has 0 aromatic carbocycles. The Morgan fingerprint density at radius 2 is 2.07 bits per heavy atom. The summed E-state index contributed by atoms with van der Waals surface area (Å²) in [5.74, 6) is 2.50. The van der Waals surface area contributed by atoms with Crippen LogP contribution in [0.4, 0.5) is 0 Å². The Balaban J connectivity index is 1.90. The number of hydrogen-bond donors (Lipinski definition) is 0. The van der Waals surface area contributed by atoms with Crippen LogP contribution in [0.15, 0.2) is 0 Å². The van der Waals surface area contributed by atoms with E-state index in [1.54, 1.807) is 0 Å². The number of fused-ring (bicyclic) bond motifs is 3. The predicted octanol–water partition coefficient (Wildman–Crippen LogP) is 3.39. The third-order valence-electron chi connectivity index (χ3n) is 5.31. The van der Waals surface area contributed by atoms with E-state index >= 15 is 0 Å². The van der Waals surface area contributed by atoms with Gasteiger partial charge in [-0.15, -0.1) is 0 Å². The molecule has 0 N–H and O–H groups in total. The summed E-state index contributed by atoms with van der Waals surface area (Å²) in [6, 6.07) is 0. The smallest absolute Gasteiger partial charge is 0.243 e. The van der Waals surface area contributed by atoms with Gasteiger partial charge in [0, 0.05) is 5.41 Å². The molecule has 0 spiro atoms. The number of carbonyl (C=O) groups is 1. The Morgan fingerprint density at radius 3 is 2.93 bits per heavy atom. The molecule has 3 rings (SSSR count). The normalized spacial score (nSPS) is 49.4. The first-order valence-corrected chi connectivity index (χ1v) is 6.58. The van der Waals surface area contributed by atoms with Crippen molar-refractivity contribution in [3.8, 4) is 0 Å². The van der Waals surface area contributed by atoms with Crippen molar-refractivity contribution in [2.75, 3.05) is 0 Å². The summed E-state index contributed by atoms with van der Waals surface area (Å²) >= 11 is 0. The minimum atomic E-state index is 0.343. The second-order valence-corrected chi connectivity index (χ2v) is 6.19. The van der Waals surface area contributed by atoms with Crippen LogP contribution in [0.25, 0.3) is 0 Å². The van der Waals surface area contributed by atoms with E-state index in [0.29, 0.717) is 17.1 Å². The van der Waals surface area contributed by atoms with Gasteiger partial charge in [0.2, 0.25) is 0 Å². The maximum absolute atomic E-state index is 12.0. The van der Waals surface area contributed by atoms with E-state index in [4.69, 9.17) is 0 Å². The minimum absolute atomic E-state index is 0.343. The van der Waals surface area contributed by atoms with Crippen LogP contribution < -0.4 is 0 Å². The quantitative estimate of drug-likeness (QED) is 0.554. The van der Waals surface area contributed by atoms with Crippen molar-refractivity contribution in [2.45, 2.75) is 51.9 Å². The highest BCUT2D eigenvalue weighted by atomic mass is 16.1. The molecule has 0 heterocycles. The zero-order chi connectivity index (χ0) is 10.5. The number of Topliss-reactive ketones (excluding diaryl/α,β-unsaturated/α-hetero) is 1. The standard InChI is InChI=1S/C14H21O/c1-14-8-6-10-4-2-3-5-11(10)13(14)12(15)7-9-14/h7,10-11,13H,2-6,8-9H2,1H3/q+1/t10-,11-,13-,14+/m0/s1. The summed E-state index contributed by atoms with van der Waals surface area (Å²) in [5, 5.41) is 0. The second kappa shape index (κ2) is 3.26. The lowest BCUT2D eigenvalue weighted by molar-refractivity contribution is -0.126. The highest BCUT2D eigenvalue weighted by molar-refractivity contribution is 5.92. The summed E-state index contributed by atoms with van der Waals surface area (Å²) in [6.07, 6.45) is 11.2. The van der Waals surface area contributed by atoms with Gasteiger partial charge >= 0.3 is 5.78 Å². The SMILES string of the molecule is C[C@@]12C[CH+]C(=O)[C@@H]1[C@H]1CCCC[C@H]1CC2. The highest BCUT2D eigenvalue weighted by Gasteiger charge is 2.58. The lowest BCUT2D eigenvalue weighted by atomic mass is 9.57. The third-order valence-corrected chi connectivity index (χ3v) is 5.31. The molecule has 0 amide bonds. The van der Waals surface area contributed by atoms with Crippen molar-refractivity contribution >= 4 is 5.78 Å². The fraction of sp³-hybridized carbons (Fsp3) is 0.857. The molecular formula is C14H21O+. The van der Waals surface area contributed by atoms with Crippen LogP contribution >= 0.6 is 0 Å². The Morgan fingerprint density at radius 1 is 1.27 bits per heavy atom. The first-order valence-electron chi connectivity index (χ1n) is 6.58. The van der Waals surface area contributed by atoms with Gasteiger partial charge in [-0.05, 0) is 31.1 Å². The number of ketones is 1. The van der Waals surface area contributed by atoms with E-state index in [1.165, 1.54) is 38.5 Å². The van der Waals surface area contributed by atoms with Crippen LogP contribution in [0.2, 0.25) is 0 Å². The maximum Gasteiger partial charge on any atom is 0.310 e. The van der Waals surface area contributed by atoms with Crippen molar-refractivity contribution in [2.24, 2.45) is 23.2 Å². The van der Waals surface area contributed by atoms with Gasteiger partial charge in [0.1, 0.15) is 12.8 Å². The van der Waals surface area contributed by atoms with E-state index < -0.39 is 0 Å². The van der Waals surface area contributed by atoms with E-state index in [1.807, 2.05) is 6.42 Å². The average molecular weight is 205 g/mol. The van der Waals surface area contributed by atoms with Gasteiger partial charge in [0.05, 0.1) is 5.92 Å². The molecular weight excluding hydrogens is 184 g/mol. The molecule has 1 heteroatoms. The topological polar surface area (TPSA) is 17.1 Å². The molecule has 3 aliphatic rings. The first-order chi connectivity index (χ1) is 7.21. The summed E-state index contributed by atoms with van der Waals surface area (Å²) in [7, 11) is 0. The van der Waals surface area contributed by atoms with E-state index in [9.17, 15) is 4.79 Å². The van der Waals surface area contributed by atoms with Crippen molar-refractivity contribution < 1.29 is 4.79 Å². The largest absolute Gasteiger partial charge is 0.310 e. The molecule has 82 valence electrons. The Kier molecular flexibility index (Phi) is 2.12. The molecule has 3 saturated carbocycles. The fourth-order valence-electron chi connectivity index (χ4n) is 4.47. The molecule has 1 nitrogen and oxygen atoms in total.